The number of likely N-dealkylation sites (tertiary alicyclic amines) is 1. The van der Waals surface area contributed by atoms with Crippen LogP contribution in [-0.4, -0.2) is 17.0 Å². The van der Waals surface area contributed by atoms with Crippen molar-refractivity contribution < 1.29 is 0 Å². The molecule has 1 spiro atoms. The van der Waals surface area contributed by atoms with E-state index >= 15 is 0 Å². The molecule has 1 saturated carbocycles. The molecular weight excluding hydrogens is 160 g/mol. The predicted octanol–water partition coefficient (Wildman–Crippen LogP) is 2.66. The molecule has 2 nitrogen and oxygen atoms in total. The Balaban J connectivity index is 2.11. The van der Waals surface area contributed by atoms with Crippen LogP contribution in [0.4, 0.5) is 0 Å². The number of hydrogen-bond acceptors (Lipinski definition) is 2. The summed E-state index contributed by atoms with van der Waals surface area (Å²) in [6.45, 7) is 1.01. The molecule has 2 aliphatic rings. The van der Waals surface area contributed by atoms with Crippen LogP contribution in [0.15, 0.2) is 0 Å². The molecule has 1 saturated heterocycles. The Kier molecular flexibility index (Phi) is 2.44. The molecule has 2 heteroatoms. The summed E-state index contributed by atoms with van der Waals surface area (Å²) in [5, 5.41) is 9.08. The number of nitrogens with zero attached hydrogens (tertiary/aromatic N) is 2. The standard InChI is InChI=1S/C11H18N2/c12-10-13-9-5-4-8-11(13)6-2-1-3-7-11/h1-9H2. The summed E-state index contributed by atoms with van der Waals surface area (Å²) in [6, 6.07) is 0. The van der Waals surface area contributed by atoms with Crippen molar-refractivity contribution in [2.75, 3.05) is 6.54 Å². The molecule has 2 rings (SSSR count). The number of piperidine rings is 1. The van der Waals surface area contributed by atoms with Crippen LogP contribution in [0.5, 0.6) is 0 Å². The first kappa shape index (κ1) is 8.87. The molecule has 0 aromatic carbocycles. The number of rotatable bonds is 0. The monoisotopic (exact) mass is 178 g/mol. The second-order valence-electron chi connectivity index (χ2n) is 4.49. The van der Waals surface area contributed by atoms with Crippen LogP contribution >= 0.6 is 0 Å². The number of hydrogen-bond donors (Lipinski definition) is 0. The van der Waals surface area contributed by atoms with Gasteiger partial charge in [-0.2, -0.15) is 5.26 Å². The van der Waals surface area contributed by atoms with Gasteiger partial charge in [0, 0.05) is 12.1 Å². The van der Waals surface area contributed by atoms with Crippen molar-refractivity contribution in [3.05, 3.63) is 0 Å². The summed E-state index contributed by atoms with van der Waals surface area (Å²) in [5.41, 5.74) is 0.297. The Bertz CT molecular complexity index is 202. The lowest BCUT2D eigenvalue weighted by atomic mass is 9.75. The molecule has 13 heavy (non-hydrogen) atoms. The topological polar surface area (TPSA) is 27.0 Å². The van der Waals surface area contributed by atoms with Gasteiger partial charge in [-0.25, -0.2) is 0 Å². The van der Waals surface area contributed by atoms with Crippen LogP contribution < -0.4 is 0 Å². The SMILES string of the molecule is N#CN1CCCCC12CCCCC2. The lowest BCUT2D eigenvalue weighted by Crippen LogP contribution is -2.50. The van der Waals surface area contributed by atoms with Crippen molar-refractivity contribution in [3.63, 3.8) is 0 Å². The second kappa shape index (κ2) is 3.57. The first-order valence-corrected chi connectivity index (χ1v) is 5.55. The van der Waals surface area contributed by atoms with Crippen LogP contribution in [0, 0.1) is 11.5 Å². The van der Waals surface area contributed by atoms with Gasteiger partial charge in [-0.3, -0.25) is 0 Å². The fourth-order valence-electron chi connectivity index (χ4n) is 2.98. The van der Waals surface area contributed by atoms with Gasteiger partial charge in [-0.1, -0.05) is 19.3 Å². The maximum atomic E-state index is 9.08. The van der Waals surface area contributed by atoms with Gasteiger partial charge < -0.3 is 4.90 Å². The summed E-state index contributed by atoms with van der Waals surface area (Å²) in [7, 11) is 0. The lowest BCUT2D eigenvalue weighted by molar-refractivity contribution is 0.0639. The Morgan fingerprint density at radius 3 is 2.15 bits per heavy atom. The zero-order valence-electron chi connectivity index (χ0n) is 8.26. The van der Waals surface area contributed by atoms with E-state index in [1.807, 2.05) is 0 Å². The van der Waals surface area contributed by atoms with Crippen molar-refractivity contribution in [1.82, 2.24) is 4.90 Å². The Morgan fingerprint density at radius 2 is 1.54 bits per heavy atom. The molecule has 72 valence electrons. The molecular formula is C11H18N2. The second-order valence-corrected chi connectivity index (χ2v) is 4.49. The van der Waals surface area contributed by atoms with Crippen molar-refractivity contribution >= 4 is 0 Å². The maximum absolute atomic E-state index is 9.08. The van der Waals surface area contributed by atoms with Crippen molar-refractivity contribution in [1.29, 1.82) is 5.26 Å². The van der Waals surface area contributed by atoms with Crippen LogP contribution in [0.3, 0.4) is 0 Å². The third-order valence-electron chi connectivity index (χ3n) is 3.75. The highest BCUT2D eigenvalue weighted by atomic mass is 15.2. The highest BCUT2D eigenvalue weighted by Crippen LogP contribution is 2.39. The van der Waals surface area contributed by atoms with E-state index in [0.29, 0.717) is 5.54 Å². The van der Waals surface area contributed by atoms with Crippen LogP contribution in [0.1, 0.15) is 51.4 Å². The minimum absolute atomic E-state index is 0.297. The molecule has 1 aliphatic heterocycles. The van der Waals surface area contributed by atoms with E-state index in [1.54, 1.807) is 0 Å². The molecule has 0 N–H and O–H groups in total. The van der Waals surface area contributed by atoms with E-state index < -0.39 is 0 Å². The summed E-state index contributed by atoms with van der Waals surface area (Å²) in [5.74, 6) is 0. The van der Waals surface area contributed by atoms with E-state index in [4.69, 9.17) is 5.26 Å². The Hall–Kier alpha value is -0.710. The first-order chi connectivity index (χ1) is 6.37. The first-order valence-electron chi connectivity index (χ1n) is 5.55. The summed E-state index contributed by atoms with van der Waals surface area (Å²) in [4.78, 5) is 2.08. The van der Waals surface area contributed by atoms with Gasteiger partial charge in [0.1, 0.15) is 0 Å². The average Bonchev–Trinajstić information content (AvgIpc) is 2.20. The lowest BCUT2D eigenvalue weighted by Gasteiger charge is -2.46. The zero-order chi connectivity index (χ0) is 9.15. The highest BCUT2D eigenvalue weighted by Gasteiger charge is 2.39. The van der Waals surface area contributed by atoms with E-state index in [1.165, 1.54) is 51.4 Å². The molecule has 0 amide bonds. The Morgan fingerprint density at radius 1 is 0.923 bits per heavy atom. The minimum atomic E-state index is 0.297. The predicted molar refractivity (Wildman–Crippen MR) is 52.0 cm³/mol. The molecule has 0 unspecified atom stereocenters. The summed E-state index contributed by atoms with van der Waals surface area (Å²) < 4.78 is 0. The Labute approximate surface area is 80.5 Å². The largest absolute Gasteiger partial charge is 0.305 e. The van der Waals surface area contributed by atoms with E-state index in [0.717, 1.165) is 6.54 Å². The van der Waals surface area contributed by atoms with Crippen LogP contribution in [0.25, 0.3) is 0 Å². The van der Waals surface area contributed by atoms with E-state index in [9.17, 15) is 0 Å². The van der Waals surface area contributed by atoms with Gasteiger partial charge in [-0.05, 0) is 32.1 Å². The van der Waals surface area contributed by atoms with Crippen LogP contribution in [0.2, 0.25) is 0 Å². The minimum Gasteiger partial charge on any atom is -0.305 e. The van der Waals surface area contributed by atoms with Gasteiger partial charge in [0.15, 0.2) is 6.19 Å². The number of nitriles is 1. The van der Waals surface area contributed by atoms with Gasteiger partial charge >= 0.3 is 0 Å². The summed E-state index contributed by atoms with van der Waals surface area (Å²) >= 11 is 0. The molecule has 0 radical (unpaired) electrons. The third kappa shape index (κ3) is 1.52. The van der Waals surface area contributed by atoms with E-state index in [2.05, 4.69) is 11.1 Å². The fraction of sp³-hybridized carbons (Fsp3) is 0.909. The maximum Gasteiger partial charge on any atom is 0.179 e. The molecule has 1 heterocycles. The van der Waals surface area contributed by atoms with Gasteiger partial charge in [0.25, 0.3) is 0 Å². The molecule has 1 aliphatic carbocycles. The fourth-order valence-corrected chi connectivity index (χ4v) is 2.98. The molecule has 0 atom stereocenters. The third-order valence-corrected chi connectivity index (χ3v) is 3.75. The van der Waals surface area contributed by atoms with Crippen molar-refractivity contribution in [3.8, 4) is 6.19 Å². The quantitative estimate of drug-likeness (QED) is 0.533. The van der Waals surface area contributed by atoms with Gasteiger partial charge in [0.2, 0.25) is 0 Å². The highest BCUT2D eigenvalue weighted by molar-refractivity contribution is 5.00. The normalized spacial score (nSPS) is 27.2. The van der Waals surface area contributed by atoms with Gasteiger partial charge in [-0.15, -0.1) is 0 Å². The van der Waals surface area contributed by atoms with Crippen molar-refractivity contribution in [2.24, 2.45) is 0 Å². The molecule has 0 aromatic heterocycles. The van der Waals surface area contributed by atoms with Crippen molar-refractivity contribution in [2.45, 2.75) is 56.9 Å². The van der Waals surface area contributed by atoms with E-state index in [-0.39, 0.29) is 0 Å². The zero-order valence-corrected chi connectivity index (χ0v) is 8.26. The molecule has 2 fully saturated rings. The smallest absolute Gasteiger partial charge is 0.179 e. The molecule has 0 bridgehead atoms. The van der Waals surface area contributed by atoms with Gasteiger partial charge in [0.05, 0.1) is 0 Å². The molecule has 0 aromatic rings. The van der Waals surface area contributed by atoms with Crippen LogP contribution in [-0.2, 0) is 0 Å². The summed E-state index contributed by atoms with van der Waals surface area (Å²) in [6.07, 6.45) is 12.8. The average molecular weight is 178 g/mol.